The summed E-state index contributed by atoms with van der Waals surface area (Å²) in [6.07, 6.45) is 0. The zero-order valence-corrected chi connectivity index (χ0v) is 21.4. The molecule has 0 radical (unpaired) electrons. The maximum absolute atomic E-state index is 13.7. The highest BCUT2D eigenvalue weighted by molar-refractivity contribution is 7.92. The number of hydrogen-bond donors (Lipinski definition) is 1. The molecule has 1 amide bonds. The molecule has 0 heterocycles. The Bertz CT molecular complexity index is 1280. The first-order chi connectivity index (χ1) is 16.7. The number of anilines is 1. The summed E-state index contributed by atoms with van der Waals surface area (Å²) in [6, 6.07) is 17.3. The lowest BCUT2D eigenvalue weighted by Gasteiger charge is -2.26. The summed E-state index contributed by atoms with van der Waals surface area (Å²) in [7, 11) is 0.255. The van der Waals surface area contributed by atoms with Crippen molar-refractivity contribution in [3.8, 4) is 17.2 Å². The van der Waals surface area contributed by atoms with Crippen molar-refractivity contribution >= 4 is 33.2 Å². The van der Waals surface area contributed by atoms with Crippen LogP contribution < -0.4 is 23.8 Å². The minimum Gasteiger partial charge on any atom is -0.496 e. The number of ether oxygens (including phenoxy) is 3. The van der Waals surface area contributed by atoms with E-state index < -0.39 is 28.5 Å². The molecule has 0 spiro atoms. The molecular weight excluding hydrogens is 492 g/mol. The first-order valence-corrected chi connectivity index (χ1v) is 12.5. The van der Waals surface area contributed by atoms with Gasteiger partial charge in [0.05, 0.1) is 38.0 Å². The normalized spacial score (nSPS) is 11.9. The van der Waals surface area contributed by atoms with E-state index in [9.17, 15) is 13.2 Å². The number of rotatable bonds is 10. The number of nitrogens with one attached hydrogen (secondary N) is 1. The van der Waals surface area contributed by atoms with Crippen LogP contribution in [0.15, 0.2) is 71.6 Å². The van der Waals surface area contributed by atoms with Crippen LogP contribution in [-0.2, 0) is 14.8 Å². The lowest BCUT2D eigenvalue weighted by Crippen LogP contribution is -2.41. The van der Waals surface area contributed by atoms with Crippen molar-refractivity contribution in [2.45, 2.75) is 17.9 Å². The van der Waals surface area contributed by atoms with Crippen molar-refractivity contribution in [3.05, 3.63) is 77.3 Å². The second-order valence-corrected chi connectivity index (χ2v) is 9.83. The summed E-state index contributed by atoms with van der Waals surface area (Å²) < 4.78 is 44.2. The predicted octanol–water partition coefficient (Wildman–Crippen LogP) is 4.44. The van der Waals surface area contributed by atoms with Gasteiger partial charge in [-0.3, -0.25) is 9.10 Å². The van der Waals surface area contributed by atoms with Gasteiger partial charge in [0, 0.05) is 16.7 Å². The van der Waals surface area contributed by atoms with Gasteiger partial charge in [-0.2, -0.15) is 0 Å². The topological polar surface area (TPSA) is 94.2 Å². The molecule has 1 N–H and O–H groups in total. The summed E-state index contributed by atoms with van der Waals surface area (Å²) >= 11 is 6.00. The molecule has 0 bridgehead atoms. The largest absolute Gasteiger partial charge is 0.496 e. The molecular formula is C25H27ClN2O6S. The number of carbonyl (C=O) groups excluding carboxylic acids is 1. The van der Waals surface area contributed by atoms with Crippen molar-refractivity contribution in [3.63, 3.8) is 0 Å². The molecule has 0 aromatic heterocycles. The quantitative estimate of drug-likeness (QED) is 0.426. The van der Waals surface area contributed by atoms with Gasteiger partial charge < -0.3 is 19.5 Å². The van der Waals surface area contributed by atoms with Gasteiger partial charge in [0.25, 0.3) is 10.0 Å². The fourth-order valence-electron chi connectivity index (χ4n) is 3.55. The van der Waals surface area contributed by atoms with Gasteiger partial charge in [-0.05, 0) is 49.4 Å². The molecule has 0 aliphatic heterocycles. The van der Waals surface area contributed by atoms with Crippen molar-refractivity contribution in [2.24, 2.45) is 0 Å². The van der Waals surface area contributed by atoms with E-state index in [1.54, 1.807) is 32.2 Å². The first-order valence-electron chi connectivity index (χ1n) is 10.6. The number of carbonyl (C=O) groups is 1. The number of nitrogens with zero attached hydrogens (tertiary/aromatic N) is 1. The predicted molar refractivity (Wildman–Crippen MR) is 135 cm³/mol. The van der Waals surface area contributed by atoms with Crippen LogP contribution in [0.25, 0.3) is 0 Å². The van der Waals surface area contributed by atoms with Gasteiger partial charge in [-0.15, -0.1) is 0 Å². The smallest absolute Gasteiger partial charge is 0.264 e. The molecule has 0 aliphatic carbocycles. The van der Waals surface area contributed by atoms with E-state index in [1.807, 2.05) is 18.2 Å². The van der Waals surface area contributed by atoms with Gasteiger partial charge in [0.15, 0.2) is 11.5 Å². The zero-order chi connectivity index (χ0) is 25.6. The lowest BCUT2D eigenvalue weighted by atomic mass is 10.1. The van der Waals surface area contributed by atoms with Crippen LogP contribution in [0.1, 0.15) is 18.5 Å². The van der Waals surface area contributed by atoms with E-state index in [0.29, 0.717) is 16.5 Å². The number of benzene rings is 3. The molecule has 0 fully saturated rings. The number of halogens is 1. The molecule has 0 unspecified atom stereocenters. The maximum Gasteiger partial charge on any atom is 0.264 e. The van der Waals surface area contributed by atoms with Gasteiger partial charge in [-0.25, -0.2) is 8.42 Å². The highest BCUT2D eigenvalue weighted by atomic mass is 35.5. The molecule has 8 nitrogen and oxygen atoms in total. The number of amides is 1. The lowest BCUT2D eigenvalue weighted by molar-refractivity contribution is -0.120. The molecule has 35 heavy (non-hydrogen) atoms. The average molecular weight is 519 g/mol. The summed E-state index contributed by atoms with van der Waals surface area (Å²) in [6.45, 7) is 1.34. The number of hydrogen-bond acceptors (Lipinski definition) is 6. The molecule has 10 heteroatoms. The maximum atomic E-state index is 13.7. The van der Waals surface area contributed by atoms with Crippen molar-refractivity contribution < 1.29 is 27.4 Å². The van der Waals surface area contributed by atoms with Crippen LogP contribution >= 0.6 is 11.6 Å². The summed E-state index contributed by atoms with van der Waals surface area (Å²) in [4.78, 5) is 13.0. The Morgan fingerprint density at radius 1 is 0.914 bits per heavy atom. The SMILES string of the molecule is COc1ccc(S(=O)(=O)N(CC(=O)N[C@H](C)c2ccccc2OC)c2ccc(Cl)cc2)cc1OC. The van der Waals surface area contributed by atoms with Gasteiger partial charge in [0.1, 0.15) is 12.3 Å². The minimum atomic E-state index is -4.16. The average Bonchev–Trinajstić information content (AvgIpc) is 2.87. The van der Waals surface area contributed by atoms with E-state index in [-0.39, 0.29) is 16.3 Å². The van der Waals surface area contributed by atoms with Crippen LogP contribution in [-0.4, -0.2) is 42.2 Å². The Morgan fingerprint density at radius 3 is 2.17 bits per heavy atom. The second-order valence-electron chi connectivity index (χ2n) is 7.54. The third-order valence-electron chi connectivity index (χ3n) is 5.33. The monoisotopic (exact) mass is 518 g/mol. The van der Waals surface area contributed by atoms with Gasteiger partial charge in [-0.1, -0.05) is 29.8 Å². The Kier molecular flexibility index (Phi) is 8.48. The number of methoxy groups -OCH3 is 3. The standard InChI is InChI=1S/C25H27ClN2O6S/c1-17(21-7-5-6-8-22(21)32-2)27-25(29)16-28(19-11-9-18(26)10-12-19)35(30,31)20-13-14-23(33-3)24(15-20)34-4/h5-15,17H,16H2,1-4H3,(H,27,29)/t17-/m1/s1. The second kappa shape index (κ2) is 11.3. The Morgan fingerprint density at radius 2 is 1.54 bits per heavy atom. The number of sulfonamides is 1. The first kappa shape index (κ1) is 26.2. The van der Waals surface area contributed by atoms with Gasteiger partial charge in [0.2, 0.25) is 5.91 Å². The molecule has 1 atom stereocenters. The zero-order valence-electron chi connectivity index (χ0n) is 19.8. The molecule has 0 aliphatic rings. The Balaban J connectivity index is 1.94. The third kappa shape index (κ3) is 5.98. The van der Waals surface area contributed by atoms with Gasteiger partial charge >= 0.3 is 0 Å². The van der Waals surface area contributed by atoms with Crippen LogP contribution in [0.2, 0.25) is 5.02 Å². The Hall–Kier alpha value is -3.43. The van der Waals surface area contributed by atoms with Crippen LogP contribution in [0.4, 0.5) is 5.69 Å². The van der Waals surface area contributed by atoms with E-state index in [4.69, 9.17) is 25.8 Å². The van der Waals surface area contributed by atoms with Crippen LogP contribution in [0.3, 0.4) is 0 Å². The fourth-order valence-corrected chi connectivity index (χ4v) is 5.11. The molecule has 186 valence electrons. The molecule has 0 saturated heterocycles. The summed E-state index contributed by atoms with van der Waals surface area (Å²) in [5.41, 5.74) is 1.05. The molecule has 3 aromatic rings. The van der Waals surface area contributed by atoms with Crippen molar-refractivity contribution in [2.75, 3.05) is 32.2 Å². The summed E-state index contributed by atoms with van der Waals surface area (Å²) in [5.74, 6) is 0.752. The Labute approximate surface area is 210 Å². The van der Waals surface area contributed by atoms with Crippen LogP contribution in [0, 0.1) is 0 Å². The molecule has 3 rings (SSSR count). The highest BCUT2D eigenvalue weighted by Crippen LogP contribution is 2.32. The van der Waals surface area contributed by atoms with E-state index in [0.717, 1.165) is 9.87 Å². The summed E-state index contributed by atoms with van der Waals surface area (Å²) in [5, 5.41) is 3.29. The highest BCUT2D eigenvalue weighted by Gasteiger charge is 2.29. The third-order valence-corrected chi connectivity index (χ3v) is 7.35. The van der Waals surface area contributed by atoms with E-state index in [1.165, 1.54) is 44.6 Å². The molecule has 0 saturated carbocycles. The van der Waals surface area contributed by atoms with E-state index in [2.05, 4.69) is 5.32 Å². The van der Waals surface area contributed by atoms with Crippen molar-refractivity contribution in [1.29, 1.82) is 0 Å². The minimum absolute atomic E-state index is 0.0596. The van der Waals surface area contributed by atoms with Crippen molar-refractivity contribution in [1.82, 2.24) is 5.32 Å². The van der Waals surface area contributed by atoms with E-state index >= 15 is 0 Å². The molecule has 3 aromatic carbocycles. The fraction of sp³-hybridized carbons (Fsp3) is 0.240. The van der Waals surface area contributed by atoms with Crippen LogP contribution in [0.5, 0.6) is 17.2 Å². The number of para-hydroxylation sites is 1.